The zero-order valence-corrected chi connectivity index (χ0v) is 25.9. The fourth-order valence-electron chi connectivity index (χ4n) is 5.23. The molecule has 0 bridgehead atoms. The molecule has 4 heterocycles. The number of carbonyl (C=O) groups is 2. The fraction of sp³-hybridized carbons (Fsp3) is 0.548. The van der Waals surface area contributed by atoms with Gasteiger partial charge in [-0.25, -0.2) is 9.97 Å². The number of likely N-dealkylation sites (tertiary alicyclic amines) is 2. The van der Waals surface area contributed by atoms with E-state index in [2.05, 4.69) is 79.2 Å². The standard InChI is InChI=1S/C14H18N2S.C8H13N3.C7H15N.C2H2O2/c1-10-7-11(9-16(2)8-10)14-15-12-5-3-4-6-13(12)17-14;1-3-6-4-7(10-2)5-11-8(6)9;1-7-4-3-5-8(2)6-7;3-1-2-4/h3-6,10-11H,7-9H2,1-2H3;4-5,10H,3H2,1-2H3,(H2,9,11);7H,3-6H2,1-2H3;1-2H/t10-,11?;;;/m0.../s1. The number of nitrogens with one attached hydrogen (secondary N) is 1. The van der Waals surface area contributed by atoms with Gasteiger partial charge in [-0.1, -0.05) is 32.9 Å². The number of anilines is 2. The van der Waals surface area contributed by atoms with Gasteiger partial charge in [0.2, 0.25) is 0 Å². The monoisotopic (exact) mass is 568 g/mol. The van der Waals surface area contributed by atoms with Crippen LogP contribution >= 0.6 is 11.3 Å². The highest BCUT2D eigenvalue weighted by Crippen LogP contribution is 2.34. The number of nitrogens with zero attached hydrogens (tertiary/aromatic N) is 4. The Kier molecular flexibility index (Phi) is 14.8. The van der Waals surface area contributed by atoms with Crippen molar-refractivity contribution >= 4 is 45.6 Å². The van der Waals surface area contributed by atoms with E-state index < -0.39 is 0 Å². The highest BCUT2D eigenvalue weighted by atomic mass is 32.1. The lowest BCUT2D eigenvalue weighted by molar-refractivity contribution is -0.122. The summed E-state index contributed by atoms with van der Waals surface area (Å²) in [5, 5.41) is 4.33. The second-order valence-corrected chi connectivity index (χ2v) is 12.0. The van der Waals surface area contributed by atoms with E-state index in [0.29, 0.717) is 11.7 Å². The molecule has 0 radical (unpaired) electrons. The number of aryl methyl sites for hydroxylation is 1. The summed E-state index contributed by atoms with van der Waals surface area (Å²) >= 11 is 1.87. The Balaban J connectivity index is 0.000000210. The van der Waals surface area contributed by atoms with Gasteiger partial charge < -0.3 is 20.9 Å². The van der Waals surface area contributed by atoms with Crippen LogP contribution in [0, 0.1) is 11.8 Å². The minimum atomic E-state index is 0.194. The molecule has 0 spiro atoms. The van der Waals surface area contributed by atoms with Gasteiger partial charge in [0.15, 0.2) is 12.6 Å². The average molecular weight is 569 g/mol. The Morgan fingerprint density at radius 3 is 2.33 bits per heavy atom. The van der Waals surface area contributed by atoms with Crippen LogP contribution in [-0.2, 0) is 16.0 Å². The van der Waals surface area contributed by atoms with Crippen LogP contribution in [-0.4, -0.2) is 79.7 Å². The van der Waals surface area contributed by atoms with E-state index in [4.69, 9.17) is 20.3 Å². The van der Waals surface area contributed by atoms with Crippen molar-refractivity contribution in [1.82, 2.24) is 19.8 Å². The van der Waals surface area contributed by atoms with Crippen LogP contribution in [0.4, 0.5) is 11.5 Å². The molecule has 2 saturated heterocycles. The first kappa shape index (κ1) is 33.3. The molecule has 8 nitrogen and oxygen atoms in total. The smallest absolute Gasteiger partial charge is 0.182 e. The number of thiazole rings is 1. The third-order valence-electron chi connectivity index (χ3n) is 7.09. The number of fused-ring (bicyclic) bond motifs is 1. The maximum Gasteiger partial charge on any atom is 0.182 e. The first-order valence-electron chi connectivity index (χ1n) is 14.2. The Morgan fingerprint density at radius 1 is 1.07 bits per heavy atom. The fourth-order valence-corrected chi connectivity index (χ4v) is 6.30. The molecule has 0 aliphatic carbocycles. The first-order chi connectivity index (χ1) is 19.2. The van der Waals surface area contributed by atoms with Gasteiger partial charge in [-0.2, -0.15) is 0 Å². The quantitative estimate of drug-likeness (QED) is 0.321. The summed E-state index contributed by atoms with van der Waals surface area (Å²) in [5.41, 5.74) is 8.88. The molecule has 2 aliphatic rings. The molecule has 3 aromatic rings. The number of pyridine rings is 1. The van der Waals surface area contributed by atoms with Crippen molar-refractivity contribution in [3.63, 3.8) is 0 Å². The normalized spacial score (nSPS) is 21.0. The molecule has 2 unspecified atom stereocenters. The summed E-state index contributed by atoms with van der Waals surface area (Å²) in [6.45, 7) is 11.7. The number of nitrogens with two attached hydrogens (primary N) is 1. The van der Waals surface area contributed by atoms with E-state index in [9.17, 15) is 0 Å². The van der Waals surface area contributed by atoms with Gasteiger partial charge in [-0.15, -0.1) is 11.3 Å². The zero-order chi connectivity index (χ0) is 29.5. The van der Waals surface area contributed by atoms with Crippen molar-refractivity contribution in [1.29, 1.82) is 0 Å². The maximum atomic E-state index is 8.81. The molecule has 9 heteroatoms. The highest BCUT2D eigenvalue weighted by molar-refractivity contribution is 7.18. The molecule has 1 aromatic carbocycles. The van der Waals surface area contributed by atoms with Gasteiger partial charge in [-0.05, 0) is 81.9 Å². The summed E-state index contributed by atoms with van der Waals surface area (Å²) in [6, 6.07) is 10.5. The SMILES string of the molecule is CC1CCCN(C)C1.CCc1cc(NC)cnc1N.C[C@H]1CC(c2nc3ccccc3s2)CN(C)C1.O=CC=O. The van der Waals surface area contributed by atoms with Crippen LogP contribution < -0.4 is 11.1 Å². The van der Waals surface area contributed by atoms with E-state index in [-0.39, 0.29) is 12.6 Å². The number of hydrogen-bond acceptors (Lipinski definition) is 9. The summed E-state index contributed by atoms with van der Waals surface area (Å²) in [5.74, 6) is 2.98. The second kappa shape index (κ2) is 17.7. The summed E-state index contributed by atoms with van der Waals surface area (Å²) in [6.07, 6.45) is 7.16. The molecule has 3 atom stereocenters. The number of aromatic nitrogens is 2. The number of para-hydroxylation sites is 1. The second-order valence-electron chi connectivity index (χ2n) is 10.9. The Morgan fingerprint density at radius 2 is 1.77 bits per heavy atom. The minimum Gasteiger partial charge on any atom is -0.387 e. The van der Waals surface area contributed by atoms with Crippen LogP contribution in [0.25, 0.3) is 10.2 Å². The van der Waals surface area contributed by atoms with Crippen molar-refractivity contribution in [3.05, 3.63) is 47.1 Å². The van der Waals surface area contributed by atoms with Crippen LogP contribution in [0.15, 0.2) is 36.5 Å². The summed E-state index contributed by atoms with van der Waals surface area (Å²) in [4.78, 5) is 31.3. The van der Waals surface area contributed by atoms with Crippen LogP contribution in [0.3, 0.4) is 0 Å². The van der Waals surface area contributed by atoms with E-state index in [0.717, 1.165) is 41.6 Å². The molecule has 5 rings (SSSR count). The third kappa shape index (κ3) is 11.3. The maximum absolute atomic E-state index is 8.81. The zero-order valence-electron chi connectivity index (χ0n) is 25.1. The van der Waals surface area contributed by atoms with Gasteiger partial charge in [-0.3, -0.25) is 9.59 Å². The number of carbonyl (C=O) groups excluding carboxylic acids is 2. The molecule has 2 fully saturated rings. The number of rotatable bonds is 4. The van der Waals surface area contributed by atoms with Gasteiger partial charge in [0, 0.05) is 32.6 Å². The Bertz CT molecular complexity index is 1110. The lowest BCUT2D eigenvalue weighted by Gasteiger charge is -2.32. The van der Waals surface area contributed by atoms with Crippen molar-refractivity contribution in [2.75, 3.05) is 58.4 Å². The van der Waals surface area contributed by atoms with Crippen molar-refractivity contribution in [2.45, 2.75) is 52.4 Å². The number of aldehydes is 2. The van der Waals surface area contributed by atoms with E-state index >= 15 is 0 Å². The largest absolute Gasteiger partial charge is 0.387 e. The Labute approximate surface area is 244 Å². The van der Waals surface area contributed by atoms with Gasteiger partial charge in [0.25, 0.3) is 0 Å². The molecule has 0 saturated carbocycles. The van der Waals surface area contributed by atoms with E-state index in [1.165, 1.54) is 48.6 Å². The van der Waals surface area contributed by atoms with Gasteiger partial charge >= 0.3 is 0 Å². The number of hydrogen-bond donors (Lipinski definition) is 2. The molecular weight excluding hydrogens is 520 g/mol. The highest BCUT2D eigenvalue weighted by Gasteiger charge is 2.26. The van der Waals surface area contributed by atoms with E-state index in [1.54, 1.807) is 6.20 Å². The third-order valence-corrected chi connectivity index (χ3v) is 8.29. The van der Waals surface area contributed by atoms with Gasteiger partial charge in [0.05, 0.1) is 27.1 Å². The summed E-state index contributed by atoms with van der Waals surface area (Å²) < 4.78 is 1.32. The van der Waals surface area contributed by atoms with Crippen LogP contribution in [0.5, 0.6) is 0 Å². The average Bonchev–Trinajstić information content (AvgIpc) is 3.38. The van der Waals surface area contributed by atoms with Crippen molar-refractivity contribution in [3.8, 4) is 0 Å². The van der Waals surface area contributed by atoms with Crippen molar-refractivity contribution in [2.24, 2.45) is 11.8 Å². The van der Waals surface area contributed by atoms with Crippen LogP contribution in [0.1, 0.15) is 56.5 Å². The topological polar surface area (TPSA) is 104 Å². The molecule has 220 valence electrons. The first-order valence-corrected chi connectivity index (χ1v) is 15.1. The predicted molar refractivity (Wildman–Crippen MR) is 169 cm³/mol. The lowest BCUT2D eigenvalue weighted by Crippen LogP contribution is -2.35. The van der Waals surface area contributed by atoms with Crippen LogP contribution in [0.2, 0.25) is 0 Å². The minimum absolute atomic E-state index is 0.194. The van der Waals surface area contributed by atoms with Gasteiger partial charge in [0.1, 0.15) is 5.82 Å². The molecular formula is C31H48N6O2S. The van der Waals surface area contributed by atoms with Crippen molar-refractivity contribution < 1.29 is 9.59 Å². The molecule has 3 N–H and O–H groups in total. The number of benzene rings is 1. The molecule has 40 heavy (non-hydrogen) atoms. The number of nitrogen functional groups attached to an aromatic ring is 1. The Hall–Kier alpha value is -2.88. The predicted octanol–water partition coefficient (Wildman–Crippen LogP) is 5.35. The molecule has 0 amide bonds. The van der Waals surface area contributed by atoms with E-state index in [1.807, 2.05) is 24.5 Å². The lowest BCUT2D eigenvalue weighted by atomic mass is 9.91. The number of piperidine rings is 2. The summed E-state index contributed by atoms with van der Waals surface area (Å²) in [7, 11) is 6.29. The molecule has 2 aromatic heterocycles. The molecule has 2 aliphatic heterocycles. The number of likely N-dealkylation sites (N-methyl/N-ethyl adjacent to an activating group) is 1.